The average Bonchev–Trinajstić information content (AvgIpc) is 3.24. The van der Waals surface area contributed by atoms with E-state index in [4.69, 9.17) is 29.9 Å². The van der Waals surface area contributed by atoms with Crippen LogP contribution >= 0.6 is 11.6 Å². The molecule has 0 radical (unpaired) electrons. The highest BCUT2D eigenvalue weighted by molar-refractivity contribution is 6.32. The number of aryl methyl sites for hydroxylation is 1. The Morgan fingerprint density at radius 3 is 2.79 bits per heavy atom. The molecule has 4 rings (SSSR count). The first kappa shape index (κ1) is 18.6. The molecule has 0 saturated carbocycles. The van der Waals surface area contributed by atoms with Gasteiger partial charge in [0.05, 0.1) is 24.9 Å². The molecule has 0 bridgehead atoms. The van der Waals surface area contributed by atoms with Crippen LogP contribution in [0.2, 0.25) is 5.02 Å². The van der Waals surface area contributed by atoms with Crippen molar-refractivity contribution in [3.8, 4) is 17.3 Å². The quantitative estimate of drug-likeness (QED) is 0.665. The number of hydrogen-bond acceptors (Lipinski definition) is 6. The highest BCUT2D eigenvalue weighted by atomic mass is 35.5. The lowest BCUT2D eigenvalue weighted by Gasteiger charge is -2.26. The number of carbonyl (C=O) groups excluding carboxylic acids is 1. The van der Waals surface area contributed by atoms with Crippen LogP contribution in [0, 0.1) is 6.92 Å². The van der Waals surface area contributed by atoms with Gasteiger partial charge in [-0.05, 0) is 36.8 Å². The molecule has 2 aromatic heterocycles. The van der Waals surface area contributed by atoms with Crippen molar-refractivity contribution < 1.29 is 23.1 Å². The third kappa shape index (κ3) is 3.50. The number of carbonyl (C=O) groups is 1. The largest absolute Gasteiger partial charge is 0.476 e. The number of benzene rings is 1. The fourth-order valence-electron chi connectivity index (χ4n) is 3.04. The Kier molecular flexibility index (Phi) is 5.11. The number of furan rings is 1. The summed E-state index contributed by atoms with van der Waals surface area (Å²) >= 11 is 6.17. The third-order valence-electron chi connectivity index (χ3n) is 4.58. The molecule has 1 aliphatic heterocycles. The van der Waals surface area contributed by atoms with Gasteiger partial charge < -0.3 is 23.2 Å². The predicted octanol–water partition coefficient (Wildman–Crippen LogP) is 3.25. The maximum Gasteiger partial charge on any atom is 0.260 e. The van der Waals surface area contributed by atoms with Crippen LogP contribution in [0.25, 0.3) is 22.5 Å². The monoisotopic (exact) mass is 403 g/mol. The molecule has 7 nitrogen and oxygen atoms in total. The normalized spacial score (nSPS) is 14.4. The van der Waals surface area contributed by atoms with Gasteiger partial charge in [0, 0.05) is 18.1 Å². The van der Waals surface area contributed by atoms with E-state index in [1.54, 1.807) is 29.2 Å². The Labute approximate surface area is 165 Å². The summed E-state index contributed by atoms with van der Waals surface area (Å²) in [7, 11) is 0. The lowest BCUT2D eigenvalue weighted by Crippen LogP contribution is -2.43. The topological polar surface area (TPSA) is 82.1 Å². The van der Waals surface area contributed by atoms with Gasteiger partial charge >= 0.3 is 0 Å². The van der Waals surface area contributed by atoms with Crippen molar-refractivity contribution >= 4 is 28.5 Å². The molecule has 1 saturated heterocycles. The molecule has 0 unspecified atom stereocenters. The third-order valence-corrected chi connectivity index (χ3v) is 4.99. The van der Waals surface area contributed by atoms with Crippen LogP contribution in [-0.4, -0.2) is 43.7 Å². The number of amides is 1. The van der Waals surface area contributed by atoms with Gasteiger partial charge in [-0.25, -0.2) is 0 Å². The van der Waals surface area contributed by atoms with Crippen molar-refractivity contribution in [1.29, 1.82) is 0 Å². The SMILES string of the molecule is Cc1cc2oc(-c3ccco3)c(OCC(=O)N3CCOCC3)c(=O)c2cc1Cl. The molecule has 3 aromatic rings. The molecular formula is C20H18ClNO6. The second-order valence-electron chi connectivity index (χ2n) is 6.45. The second-order valence-corrected chi connectivity index (χ2v) is 6.85. The minimum absolute atomic E-state index is 0.0796. The number of halogens is 1. The molecule has 1 amide bonds. The maximum atomic E-state index is 13.1. The molecule has 0 N–H and O–H groups in total. The minimum atomic E-state index is -0.413. The number of morpholine rings is 1. The van der Waals surface area contributed by atoms with Crippen LogP contribution in [-0.2, 0) is 9.53 Å². The van der Waals surface area contributed by atoms with Gasteiger partial charge in [0.2, 0.25) is 16.9 Å². The summed E-state index contributed by atoms with van der Waals surface area (Å²) in [6.45, 7) is 3.49. The summed E-state index contributed by atoms with van der Waals surface area (Å²) in [5.41, 5.74) is 0.730. The Balaban J connectivity index is 1.73. The summed E-state index contributed by atoms with van der Waals surface area (Å²) in [5.74, 6) is 0.165. The molecule has 28 heavy (non-hydrogen) atoms. The van der Waals surface area contributed by atoms with Gasteiger partial charge in [-0.15, -0.1) is 0 Å². The van der Waals surface area contributed by atoms with Gasteiger partial charge in [-0.3, -0.25) is 9.59 Å². The number of rotatable bonds is 4. The second kappa shape index (κ2) is 7.69. The fraction of sp³-hybridized carbons (Fsp3) is 0.300. The maximum absolute atomic E-state index is 13.1. The Bertz CT molecular complexity index is 1070. The van der Waals surface area contributed by atoms with E-state index in [9.17, 15) is 9.59 Å². The molecule has 1 aromatic carbocycles. The standard InChI is InChI=1S/C20H18ClNO6/c1-12-9-16-13(10-14(12)21)18(24)20(19(28-16)15-3-2-6-26-15)27-11-17(23)22-4-7-25-8-5-22/h2-3,6,9-10H,4-5,7-8,11H2,1H3. The van der Waals surface area contributed by atoms with E-state index in [1.165, 1.54) is 6.26 Å². The van der Waals surface area contributed by atoms with Crippen molar-refractivity contribution in [2.75, 3.05) is 32.9 Å². The zero-order chi connectivity index (χ0) is 19.7. The highest BCUT2D eigenvalue weighted by Crippen LogP contribution is 2.33. The number of ether oxygens (including phenoxy) is 2. The van der Waals surface area contributed by atoms with Crippen molar-refractivity contribution in [2.45, 2.75) is 6.92 Å². The van der Waals surface area contributed by atoms with E-state index in [1.807, 2.05) is 6.92 Å². The first-order valence-corrected chi connectivity index (χ1v) is 9.21. The van der Waals surface area contributed by atoms with Crippen LogP contribution in [0.15, 0.2) is 44.2 Å². The zero-order valence-electron chi connectivity index (χ0n) is 15.2. The van der Waals surface area contributed by atoms with Crippen LogP contribution in [0.5, 0.6) is 5.75 Å². The zero-order valence-corrected chi connectivity index (χ0v) is 16.0. The molecule has 1 aliphatic rings. The van der Waals surface area contributed by atoms with Gasteiger partial charge in [-0.1, -0.05) is 11.6 Å². The Hall–Kier alpha value is -2.77. The predicted molar refractivity (Wildman–Crippen MR) is 103 cm³/mol. The van der Waals surface area contributed by atoms with Gasteiger partial charge in [0.1, 0.15) is 5.58 Å². The molecule has 0 aliphatic carbocycles. The van der Waals surface area contributed by atoms with Crippen LogP contribution in [0.4, 0.5) is 0 Å². The Morgan fingerprint density at radius 2 is 2.07 bits per heavy atom. The number of fused-ring (bicyclic) bond motifs is 1. The first-order valence-electron chi connectivity index (χ1n) is 8.84. The molecule has 0 atom stereocenters. The highest BCUT2D eigenvalue weighted by Gasteiger charge is 2.23. The van der Waals surface area contributed by atoms with Crippen LogP contribution in [0.1, 0.15) is 5.56 Å². The van der Waals surface area contributed by atoms with E-state index in [-0.39, 0.29) is 29.4 Å². The van der Waals surface area contributed by atoms with E-state index in [0.717, 1.165) is 5.56 Å². The minimum Gasteiger partial charge on any atom is -0.476 e. The van der Waals surface area contributed by atoms with Crippen LogP contribution < -0.4 is 10.2 Å². The molecule has 3 heterocycles. The summed E-state index contributed by atoms with van der Waals surface area (Å²) in [4.78, 5) is 27.1. The lowest BCUT2D eigenvalue weighted by atomic mass is 10.1. The number of hydrogen-bond donors (Lipinski definition) is 0. The average molecular weight is 404 g/mol. The summed E-state index contributed by atoms with van der Waals surface area (Å²) in [6, 6.07) is 6.56. The molecule has 146 valence electrons. The lowest BCUT2D eigenvalue weighted by molar-refractivity contribution is -0.137. The van der Waals surface area contributed by atoms with Crippen LogP contribution in [0.3, 0.4) is 0 Å². The summed E-state index contributed by atoms with van der Waals surface area (Å²) in [6.07, 6.45) is 1.47. The van der Waals surface area contributed by atoms with Crippen molar-refractivity contribution in [2.24, 2.45) is 0 Å². The van der Waals surface area contributed by atoms with Gasteiger partial charge in [0.25, 0.3) is 5.91 Å². The van der Waals surface area contributed by atoms with E-state index in [0.29, 0.717) is 42.7 Å². The molecule has 8 heteroatoms. The van der Waals surface area contributed by atoms with E-state index >= 15 is 0 Å². The van der Waals surface area contributed by atoms with Crippen molar-refractivity contribution in [1.82, 2.24) is 4.90 Å². The fourth-order valence-corrected chi connectivity index (χ4v) is 3.20. The smallest absolute Gasteiger partial charge is 0.260 e. The number of nitrogens with zero attached hydrogens (tertiary/aromatic N) is 1. The molecule has 0 spiro atoms. The van der Waals surface area contributed by atoms with E-state index < -0.39 is 5.43 Å². The molecular weight excluding hydrogens is 386 g/mol. The summed E-state index contributed by atoms with van der Waals surface area (Å²) < 4.78 is 22.2. The molecule has 1 fully saturated rings. The van der Waals surface area contributed by atoms with Crippen molar-refractivity contribution in [3.05, 3.63) is 51.3 Å². The first-order chi connectivity index (χ1) is 13.5. The summed E-state index contributed by atoms with van der Waals surface area (Å²) in [5, 5.41) is 0.723. The Morgan fingerprint density at radius 1 is 1.29 bits per heavy atom. The van der Waals surface area contributed by atoms with Crippen molar-refractivity contribution in [3.63, 3.8) is 0 Å². The van der Waals surface area contributed by atoms with Gasteiger partial charge in [0.15, 0.2) is 12.4 Å². The van der Waals surface area contributed by atoms with Gasteiger partial charge in [-0.2, -0.15) is 0 Å². The van der Waals surface area contributed by atoms with E-state index in [2.05, 4.69) is 0 Å².